The third kappa shape index (κ3) is 4.33. The van der Waals surface area contributed by atoms with Crippen molar-refractivity contribution in [2.24, 2.45) is 0 Å². The molecule has 0 aliphatic heterocycles. The molecule has 0 saturated heterocycles. The molecule has 1 rings (SSSR count). The van der Waals surface area contributed by atoms with Gasteiger partial charge in [-0.1, -0.05) is 19.4 Å². The molecule has 0 bridgehead atoms. The SMILES string of the molecule is CCCCC(Oc1ccc(C)cc1Br)C(=O)OC. The monoisotopic (exact) mass is 314 g/mol. The van der Waals surface area contributed by atoms with E-state index in [1.54, 1.807) is 0 Å². The van der Waals surface area contributed by atoms with Gasteiger partial charge in [0.05, 0.1) is 11.6 Å². The summed E-state index contributed by atoms with van der Waals surface area (Å²) in [5.41, 5.74) is 1.14. The van der Waals surface area contributed by atoms with Crippen molar-refractivity contribution in [2.75, 3.05) is 7.11 Å². The predicted octanol–water partition coefficient (Wildman–Crippen LogP) is 3.87. The highest BCUT2D eigenvalue weighted by Crippen LogP contribution is 2.27. The molecular formula is C14H19BrO3. The fourth-order valence-electron chi connectivity index (χ4n) is 1.60. The molecule has 0 fully saturated rings. The van der Waals surface area contributed by atoms with Gasteiger partial charge >= 0.3 is 5.97 Å². The molecule has 0 spiro atoms. The molecule has 1 unspecified atom stereocenters. The zero-order valence-electron chi connectivity index (χ0n) is 11.0. The number of hydrogen-bond acceptors (Lipinski definition) is 3. The van der Waals surface area contributed by atoms with E-state index < -0.39 is 6.10 Å². The normalized spacial score (nSPS) is 12.0. The van der Waals surface area contributed by atoms with Crippen molar-refractivity contribution in [1.82, 2.24) is 0 Å². The smallest absolute Gasteiger partial charge is 0.347 e. The van der Waals surface area contributed by atoms with Crippen LogP contribution in [0, 0.1) is 6.92 Å². The van der Waals surface area contributed by atoms with Crippen molar-refractivity contribution in [3.63, 3.8) is 0 Å². The minimum absolute atomic E-state index is 0.323. The summed E-state index contributed by atoms with van der Waals surface area (Å²) in [6.07, 6.45) is 2.09. The fraction of sp³-hybridized carbons (Fsp3) is 0.500. The molecule has 3 nitrogen and oxygen atoms in total. The number of rotatable bonds is 6. The number of carbonyl (C=O) groups is 1. The number of halogens is 1. The van der Waals surface area contributed by atoms with Crippen molar-refractivity contribution >= 4 is 21.9 Å². The Hall–Kier alpha value is -1.03. The molecule has 0 N–H and O–H groups in total. The maximum absolute atomic E-state index is 11.6. The van der Waals surface area contributed by atoms with E-state index in [0.717, 1.165) is 22.9 Å². The molecular weight excluding hydrogens is 296 g/mol. The van der Waals surface area contributed by atoms with Crippen LogP contribution in [0.25, 0.3) is 0 Å². The summed E-state index contributed by atoms with van der Waals surface area (Å²) < 4.78 is 11.4. The zero-order valence-corrected chi connectivity index (χ0v) is 12.6. The molecule has 1 aromatic carbocycles. The van der Waals surface area contributed by atoms with Gasteiger partial charge in [0.15, 0.2) is 6.10 Å². The molecule has 100 valence electrons. The first-order chi connectivity index (χ1) is 8.58. The third-order valence-electron chi connectivity index (χ3n) is 2.64. The molecule has 0 aromatic heterocycles. The average molecular weight is 315 g/mol. The van der Waals surface area contributed by atoms with Gasteiger partial charge in [0.2, 0.25) is 0 Å². The van der Waals surface area contributed by atoms with Crippen LogP contribution >= 0.6 is 15.9 Å². The number of methoxy groups -OCH3 is 1. The number of aryl methyl sites for hydroxylation is 1. The first kappa shape index (κ1) is 15.0. The molecule has 0 aliphatic rings. The lowest BCUT2D eigenvalue weighted by atomic mass is 10.1. The van der Waals surface area contributed by atoms with Crippen LogP contribution in [0.5, 0.6) is 5.75 Å². The standard InChI is InChI=1S/C14H19BrO3/c1-4-5-6-13(14(16)17-3)18-12-8-7-10(2)9-11(12)15/h7-9,13H,4-6H2,1-3H3. The Morgan fingerprint density at radius 2 is 2.17 bits per heavy atom. The molecule has 0 saturated carbocycles. The van der Waals surface area contributed by atoms with Crippen LogP contribution in [0.3, 0.4) is 0 Å². The van der Waals surface area contributed by atoms with Crippen LogP contribution in [0.4, 0.5) is 0 Å². The second-order valence-corrected chi connectivity index (χ2v) is 5.06. The van der Waals surface area contributed by atoms with Crippen LogP contribution in [0.1, 0.15) is 31.7 Å². The first-order valence-electron chi connectivity index (χ1n) is 6.09. The maximum Gasteiger partial charge on any atom is 0.347 e. The number of hydrogen-bond donors (Lipinski definition) is 0. The van der Waals surface area contributed by atoms with Crippen LogP contribution in [0.15, 0.2) is 22.7 Å². The maximum atomic E-state index is 11.6. The van der Waals surface area contributed by atoms with E-state index in [1.165, 1.54) is 7.11 Å². The van der Waals surface area contributed by atoms with Gasteiger partial charge in [-0.3, -0.25) is 0 Å². The van der Waals surface area contributed by atoms with Gasteiger partial charge in [-0.05, 0) is 53.4 Å². The van der Waals surface area contributed by atoms with Crippen LogP contribution in [0.2, 0.25) is 0 Å². The second-order valence-electron chi connectivity index (χ2n) is 4.21. The number of ether oxygens (including phenoxy) is 2. The molecule has 4 heteroatoms. The highest BCUT2D eigenvalue weighted by molar-refractivity contribution is 9.10. The minimum Gasteiger partial charge on any atom is -0.478 e. The van der Waals surface area contributed by atoms with E-state index in [1.807, 2.05) is 25.1 Å². The van der Waals surface area contributed by atoms with E-state index in [4.69, 9.17) is 9.47 Å². The molecule has 0 aliphatic carbocycles. The number of unbranched alkanes of at least 4 members (excludes halogenated alkanes) is 1. The van der Waals surface area contributed by atoms with E-state index in [-0.39, 0.29) is 5.97 Å². The Morgan fingerprint density at radius 3 is 2.72 bits per heavy atom. The summed E-state index contributed by atoms with van der Waals surface area (Å²) in [5.74, 6) is 0.350. The summed E-state index contributed by atoms with van der Waals surface area (Å²) in [6.45, 7) is 4.08. The molecule has 1 aromatic rings. The Labute approximate surface area is 117 Å². The average Bonchev–Trinajstić information content (AvgIpc) is 2.36. The van der Waals surface area contributed by atoms with Gasteiger partial charge < -0.3 is 9.47 Å². The first-order valence-corrected chi connectivity index (χ1v) is 6.88. The Bertz CT molecular complexity index is 404. The minimum atomic E-state index is -0.533. The number of benzene rings is 1. The van der Waals surface area contributed by atoms with Crippen molar-refractivity contribution in [3.8, 4) is 5.75 Å². The summed E-state index contributed by atoms with van der Waals surface area (Å²) >= 11 is 3.44. The molecule has 0 amide bonds. The van der Waals surface area contributed by atoms with Gasteiger partial charge in [-0.25, -0.2) is 4.79 Å². The quantitative estimate of drug-likeness (QED) is 0.748. The summed E-state index contributed by atoms with van der Waals surface area (Å²) in [5, 5.41) is 0. The van der Waals surface area contributed by atoms with Crippen molar-refractivity contribution in [3.05, 3.63) is 28.2 Å². The van der Waals surface area contributed by atoms with Crippen molar-refractivity contribution in [1.29, 1.82) is 0 Å². The van der Waals surface area contributed by atoms with E-state index in [0.29, 0.717) is 12.2 Å². The Kier molecular flexibility index (Phi) is 6.19. The Balaban J connectivity index is 2.78. The third-order valence-corrected chi connectivity index (χ3v) is 3.26. The topological polar surface area (TPSA) is 35.5 Å². The largest absolute Gasteiger partial charge is 0.478 e. The van der Waals surface area contributed by atoms with Gasteiger partial charge in [0.1, 0.15) is 5.75 Å². The van der Waals surface area contributed by atoms with Gasteiger partial charge in [-0.15, -0.1) is 0 Å². The highest BCUT2D eigenvalue weighted by atomic mass is 79.9. The van der Waals surface area contributed by atoms with Crippen LogP contribution < -0.4 is 4.74 Å². The lowest BCUT2D eigenvalue weighted by molar-refractivity contribution is -0.149. The van der Waals surface area contributed by atoms with E-state index >= 15 is 0 Å². The van der Waals surface area contributed by atoms with Crippen molar-refractivity contribution in [2.45, 2.75) is 39.2 Å². The van der Waals surface area contributed by atoms with Crippen LogP contribution in [-0.2, 0) is 9.53 Å². The zero-order chi connectivity index (χ0) is 13.5. The van der Waals surface area contributed by atoms with Crippen molar-refractivity contribution < 1.29 is 14.3 Å². The summed E-state index contributed by atoms with van der Waals surface area (Å²) in [4.78, 5) is 11.6. The number of esters is 1. The second kappa shape index (κ2) is 7.41. The molecule has 0 heterocycles. The predicted molar refractivity (Wildman–Crippen MR) is 74.8 cm³/mol. The highest BCUT2D eigenvalue weighted by Gasteiger charge is 2.21. The summed E-state index contributed by atoms with van der Waals surface area (Å²) in [6, 6.07) is 5.78. The lowest BCUT2D eigenvalue weighted by Crippen LogP contribution is -2.28. The van der Waals surface area contributed by atoms with Gasteiger partial charge in [0.25, 0.3) is 0 Å². The molecule has 0 radical (unpaired) electrons. The van der Waals surface area contributed by atoms with Gasteiger partial charge in [-0.2, -0.15) is 0 Å². The molecule has 18 heavy (non-hydrogen) atoms. The van der Waals surface area contributed by atoms with Gasteiger partial charge in [0, 0.05) is 0 Å². The summed E-state index contributed by atoms with van der Waals surface area (Å²) in [7, 11) is 1.38. The Morgan fingerprint density at radius 1 is 1.44 bits per heavy atom. The van der Waals surface area contributed by atoms with E-state index in [9.17, 15) is 4.79 Å². The van der Waals surface area contributed by atoms with Crippen LogP contribution in [-0.4, -0.2) is 19.2 Å². The number of carbonyl (C=O) groups excluding carboxylic acids is 1. The fourth-order valence-corrected chi connectivity index (χ4v) is 2.19. The lowest BCUT2D eigenvalue weighted by Gasteiger charge is -2.17. The molecule has 1 atom stereocenters. The van der Waals surface area contributed by atoms with E-state index in [2.05, 4.69) is 22.9 Å².